The average molecular weight is 295 g/mol. The molecule has 1 aromatic carbocycles. The predicted molar refractivity (Wildman–Crippen MR) is 84.1 cm³/mol. The van der Waals surface area contributed by atoms with Gasteiger partial charge < -0.3 is 0 Å². The van der Waals surface area contributed by atoms with E-state index in [0.717, 1.165) is 42.4 Å². The Hall–Kier alpha value is -2.19. The lowest BCUT2D eigenvalue weighted by Crippen LogP contribution is -2.33. The normalized spacial score (nSPS) is 18.5. The molecule has 3 rings (SSSR count). The number of rotatable bonds is 4. The summed E-state index contributed by atoms with van der Waals surface area (Å²) in [7, 11) is 0. The van der Waals surface area contributed by atoms with Crippen LogP contribution in [-0.2, 0) is 13.1 Å². The molecule has 1 atom stereocenters. The van der Waals surface area contributed by atoms with Gasteiger partial charge in [0.25, 0.3) is 0 Å². The Balaban J connectivity index is 1.73. The molecular formula is C17H21N5. The molecule has 0 bridgehead atoms. The maximum absolute atomic E-state index is 9.24. The monoisotopic (exact) mass is 295 g/mol. The number of hydrogen-bond acceptors (Lipinski definition) is 4. The van der Waals surface area contributed by atoms with Gasteiger partial charge >= 0.3 is 0 Å². The first-order valence-corrected chi connectivity index (χ1v) is 7.77. The van der Waals surface area contributed by atoms with E-state index in [0.29, 0.717) is 6.04 Å². The molecule has 22 heavy (non-hydrogen) atoms. The molecular weight excluding hydrogens is 274 g/mol. The van der Waals surface area contributed by atoms with Crippen LogP contribution in [0.4, 0.5) is 0 Å². The molecule has 114 valence electrons. The summed E-state index contributed by atoms with van der Waals surface area (Å²) < 4.78 is 2.01. The minimum Gasteiger partial charge on any atom is -0.294 e. The largest absolute Gasteiger partial charge is 0.294 e. The minimum absolute atomic E-state index is 0.464. The predicted octanol–water partition coefficient (Wildman–Crippen LogP) is 2.43. The van der Waals surface area contributed by atoms with Crippen molar-refractivity contribution in [1.29, 1.82) is 5.26 Å². The lowest BCUT2D eigenvalue weighted by Gasteiger charge is -2.25. The van der Waals surface area contributed by atoms with E-state index in [1.54, 1.807) is 0 Å². The topological polar surface area (TPSA) is 57.7 Å². The Morgan fingerprint density at radius 2 is 2.14 bits per heavy atom. The highest BCUT2D eigenvalue weighted by Gasteiger charge is 2.26. The highest BCUT2D eigenvalue weighted by molar-refractivity contribution is 5.37. The molecule has 0 saturated carbocycles. The smallest absolute Gasteiger partial charge is 0.147 e. The first-order valence-electron chi connectivity index (χ1n) is 7.77. The Kier molecular flexibility index (Phi) is 4.21. The van der Waals surface area contributed by atoms with Gasteiger partial charge in [-0.3, -0.25) is 4.90 Å². The zero-order valence-corrected chi connectivity index (χ0v) is 13.2. The minimum atomic E-state index is 0.464. The van der Waals surface area contributed by atoms with Gasteiger partial charge in [0.15, 0.2) is 0 Å². The van der Waals surface area contributed by atoms with Crippen molar-refractivity contribution in [2.24, 2.45) is 0 Å². The van der Waals surface area contributed by atoms with E-state index < -0.39 is 0 Å². The molecule has 5 nitrogen and oxygen atoms in total. The van der Waals surface area contributed by atoms with Gasteiger partial charge in [-0.05, 0) is 44.9 Å². The Morgan fingerprint density at radius 3 is 2.86 bits per heavy atom. The van der Waals surface area contributed by atoms with Crippen LogP contribution < -0.4 is 0 Å². The fourth-order valence-corrected chi connectivity index (χ4v) is 3.23. The molecule has 1 aromatic heterocycles. The number of benzene rings is 1. The first-order chi connectivity index (χ1) is 10.7. The lowest BCUT2D eigenvalue weighted by molar-refractivity contribution is 0.217. The molecule has 0 aliphatic carbocycles. The Bertz CT molecular complexity index is 697. The molecule has 0 spiro atoms. The molecule has 5 heteroatoms. The third kappa shape index (κ3) is 3.02. The summed E-state index contributed by atoms with van der Waals surface area (Å²) in [6.45, 7) is 6.73. The molecule has 1 fully saturated rings. The Morgan fingerprint density at radius 1 is 1.32 bits per heavy atom. The van der Waals surface area contributed by atoms with Crippen molar-refractivity contribution < 1.29 is 0 Å². The van der Waals surface area contributed by atoms with Crippen LogP contribution >= 0.6 is 0 Å². The highest BCUT2D eigenvalue weighted by Crippen LogP contribution is 2.22. The van der Waals surface area contributed by atoms with E-state index in [1.165, 1.54) is 12.8 Å². The van der Waals surface area contributed by atoms with Crippen LogP contribution in [0.25, 0.3) is 0 Å². The van der Waals surface area contributed by atoms with Gasteiger partial charge in [-0.15, -0.1) is 0 Å². The molecule has 1 unspecified atom stereocenters. The third-order valence-electron chi connectivity index (χ3n) is 4.36. The van der Waals surface area contributed by atoms with Gasteiger partial charge in [0, 0.05) is 12.6 Å². The van der Waals surface area contributed by atoms with Crippen LogP contribution in [-0.4, -0.2) is 32.3 Å². The molecule has 2 heterocycles. The number of likely N-dealkylation sites (tertiary alicyclic amines) is 1. The van der Waals surface area contributed by atoms with Crippen LogP contribution in [0.15, 0.2) is 24.3 Å². The van der Waals surface area contributed by atoms with Crippen LogP contribution in [0.2, 0.25) is 0 Å². The summed E-state index contributed by atoms with van der Waals surface area (Å²) in [4.78, 5) is 6.84. The summed E-state index contributed by atoms with van der Waals surface area (Å²) in [5, 5.41) is 13.7. The molecule has 0 amide bonds. The SMILES string of the molecule is Cc1nc(C)n(CC2CCCN2Cc2ccccc2C#N)n1. The lowest BCUT2D eigenvalue weighted by atomic mass is 10.1. The molecule has 1 saturated heterocycles. The van der Waals surface area contributed by atoms with Crippen LogP contribution in [0, 0.1) is 25.2 Å². The fourth-order valence-electron chi connectivity index (χ4n) is 3.23. The van der Waals surface area contributed by atoms with E-state index >= 15 is 0 Å². The molecule has 0 radical (unpaired) electrons. The second-order valence-electron chi connectivity index (χ2n) is 5.92. The van der Waals surface area contributed by atoms with Gasteiger partial charge in [0.2, 0.25) is 0 Å². The van der Waals surface area contributed by atoms with E-state index in [-0.39, 0.29) is 0 Å². The van der Waals surface area contributed by atoms with Crippen molar-refractivity contribution >= 4 is 0 Å². The molecule has 2 aromatic rings. The zero-order valence-electron chi connectivity index (χ0n) is 13.2. The zero-order chi connectivity index (χ0) is 15.5. The van der Waals surface area contributed by atoms with Crippen molar-refractivity contribution in [3.05, 3.63) is 47.0 Å². The summed E-state index contributed by atoms with van der Waals surface area (Å²) in [6.07, 6.45) is 2.37. The van der Waals surface area contributed by atoms with Crippen molar-refractivity contribution in [2.75, 3.05) is 6.54 Å². The molecule has 1 aliphatic rings. The number of nitrogens with zero attached hydrogens (tertiary/aromatic N) is 5. The van der Waals surface area contributed by atoms with Gasteiger partial charge in [0.05, 0.1) is 18.2 Å². The van der Waals surface area contributed by atoms with Gasteiger partial charge in [-0.2, -0.15) is 10.4 Å². The number of hydrogen-bond donors (Lipinski definition) is 0. The van der Waals surface area contributed by atoms with Crippen LogP contribution in [0.1, 0.15) is 35.6 Å². The van der Waals surface area contributed by atoms with Gasteiger partial charge in [-0.1, -0.05) is 18.2 Å². The second kappa shape index (κ2) is 6.29. The van der Waals surface area contributed by atoms with Crippen molar-refractivity contribution in [3.8, 4) is 6.07 Å². The average Bonchev–Trinajstić information content (AvgIpc) is 3.07. The number of aromatic nitrogens is 3. The van der Waals surface area contributed by atoms with Crippen LogP contribution in [0.3, 0.4) is 0 Å². The molecule has 0 N–H and O–H groups in total. The summed E-state index contributed by atoms with van der Waals surface area (Å²) in [5.41, 5.74) is 1.89. The van der Waals surface area contributed by atoms with Crippen molar-refractivity contribution in [3.63, 3.8) is 0 Å². The van der Waals surface area contributed by atoms with Crippen molar-refractivity contribution in [1.82, 2.24) is 19.7 Å². The summed E-state index contributed by atoms with van der Waals surface area (Å²) in [6, 6.07) is 10.6. The standard InChI is InChI=1S/C17H21N5/c1-13-19-14(2)22(20-13)12-17-8-5-9-21(17)11-16-7-4-3-6-15(16)10-18/h3-4,6-7,17H,5,8-9,11-12H2,1-2H3. The second-order valence-corrected chi connectivity index (χ2v) is 5.92. The fraction of sp³-hybridized carbons (Fsp3) is 0.471. The first kappa shape index (κ1) is 14.7. The van der Waals surface area contributed by atoms with E-state index in [2.05, 4.69) is 27.1 Å². The molecule has 1 aliphatic heterocycles. The van der Waals surface area contributed by atoms with Gasteiger partial charge in [0.1, 0.15) is 11.6 Å². The summed E-state index contributed by atoms with van der Waals surface area (Å²) in [5.74, 6) is 1.80. The Labute approximate surface area is 131 Å². The summed E-state index contributed by atoms with van der Waals surface area (Å²) >= 11 is 0. The number of aryl methyl sites for hydroxylation is 2. The quantitative estimate of drug-likeness (QED) is 0.869. The van der Waals surface area contributed by atoms with E-state index in [1.807, 2.05) is 36.7 Å². The maximum Gasteiger partial charge on any atom is 0.147 e. The highest BCUT2D eigenvalue weighted by atomic mass is 15.4. The third-order valence-corrected chi connectivity index (χ3v) is 4.36. The van der Waals surface area contributed by atoms with E-state index in [4.69, 9.17) is 0 Å². The number of nitriles is 1. The maximum atomic E-state index is 9.24. The van der Waals surface area contributed by atoms with Crippen molar-refractivity contribution in [2.45, 2.75) is 45.8 Å². The van der Waals surface area contributed by atoms with E-state index in [9.17, 15) is 5.26 Å². The van der Waals surface area contributed by atoms with Crippen LogP contribution in [0.5, 0.6) is 0 Å². The van der Waals surface area contributed by atoms with Gasteiger partial charge in [-0.25, -0.2) is 9.67 Å².